The topological polar surface area (TPSA) is 64.1 Å². The second kappa shape index (κ2) is 7.97. The van der Waals surface area contributed by atoms with E-state index in [1.165, 1.54) is 0 Å². The molecule has 0 saturated carbocycles. The number of carbonyl (C=O) groups excluding carboxylic acids is 1. The molecule has 2 aromatic heterocycles. The van der Waals surface area contributed by atoms with E-state index in [9.17, 15) is 4.79 Å². The molecule has 0 unspecified atom stereocenters. The Balaban J connectivity index is 1.31. The first-order chi connectivity index (χ1) is 13.3. The van der Waals surface area contributed by atoms with E-state index in [-0.39, 0.29) is 5.91 Å². The number of benzene rings is 2. The van der Waals surface area contributed by atoms with Crippen molar-refractivity contribution in [3.8, 4) is 16.5 Å². The Kier molecular flexibility index (Phi) is 5.07. The number of ether oxygens (including phenoxy) is 1. The third-order valence-corrected chi connectivity index (χ3v) is 4.98. The lowest BCUT2D eigenvalue weighted by molar-refractivity contribution is 0.0948. The van der Waals surface area contributed by atoms with Crippen molar-refractivity contribution in [3.05, 3.63) is 77.7 Å². The lowest BCUT2D eigenvalue weighted by Crippen LogP contribution is -2.28. The standard InChI is InChI=1S/C21H17N3O2S/c25-21(17-8-3-6-15-5-1-2-7-16(15)17)22-12-13-26-20-11-10-18(23-24-20)19-9-4-14-27-19/h1-11,14H,12-13H2,(H,22,25). The summed E-state index contributed by atoms with van der Waals surface area (Å²) < 4.78 is 5.57. The molecule has 4 aromatic rings. The zero-order valence-electron chi connectivity index (χ0n) is 14.5. The van der Waals surface area contributed by atoms with Crippen molar-refractivity contribution in [3.63, 3.8) is 0 Å². The summed E-state index contributed by atoms with van der Waals surface area (Å²) in [7, 11) is 0. The summed E-state index contributed by atoms with van der Waals surface area (Å²) in [4.78, 5) is 13.5. The predicted octanol–water partition coefficient (Wildman–Crippen LogP) is 4.17. The number of hydrogen-bond donors (Lipinski definition) is 1. The Hall–Kier alpha value is -3.25. The molecule has 2 heterocycles. The van der Waals surface area contributed by atoms with E-state index in [2.05, 4.69) is 15.5 Å². The second-order valence-corrected chi connectivity index (χ2v) is 6.81. The molecule has 1 amide bonds. The summed E-state index contributed by atoms with van der Waals surface area (Å²) in [5.74, 6) is 0.323. The van der Waals surface area contributed by atoms with Crippen LogP contribution in [0.25, 0.3) is 21.3 Å². The molecule has 0 aliphatic carbocycles. The molecular formula is C21H17N3O2S. The van der Waals surface area contributed by atoms with Crippen molar-refractivity contribution in [2.75, 3.05) is 13.2 Å². The Bertz CT molecular complexity index is 1040. The van der Waals surface area contributed by atoms with Gasteiger partial charge in [0.05, 0.1) is 11.4 Å². The van der Waals surface area contributed by atoms with Crippen molar-refractivity contribution in [1.29, 1.82) is 0 Å². The van der Waals surface area contributed by atoms with Gasteiger partial charge in [0.15, 0.2) is 0 Å². The monoisotopic (exact) mass is 375 g/mol. The fraction of sp³-hybridized carbons (Fsp3) is 0.0952. The molecule has 134 valence electrons. The maximum Gasteiger partial charge on any atom is 0.252 e. The highest BCUT2D eigenvalue weighted by molar-refractivity contribution is 7.13. The molecule has 4 rings (SSSR count). The van der Waals surface area contributed by atoms with Gasteiger partial charge < -0.3 is 10.1 Å². The first-order valence-electron chi connectivity index (χ1n) is 8.57. The molecule has 0 fully saturated rings. The van der Waals surface area contributed by atoms with Crippen LogP contribution in [0.3, 0.4) is 0 Å². The number of nitrogens with zero attached hydrogens (tertiary/aromatic N) is 2. The quantitative estimate of drug-likeness (QED) is 0.514. The lowest BCUT2D eigenvalue weighted by Gasteiger charge is -2.09. The number of amides is 1. The fourth-order valence-corrected chi connectivity index (χ4v) is 3.48. The zero-order valence-corrected chi connectivity index (χ0v) is 15.3. The predicted molar refractivity (Wildman–Crippen MR) is 107 cm³/mol. The molecule has 0 spiro atoms. The SMILES string of the molecule is O=C(NCCOc1ccc(-c2cccs2)nn1)c1cccc2ccccc12. The molecule has 0 radical (unpaired) electrons. The summed E-state index contributed by atoms with van der Waals surface area (Å²) in [6.45, 7) is 0.708. The molecule has 27 heavy (non-hydrogen) atoms. The normalized spacial score (nSPS) is 10.7. The van der Waals surface area contributed by atoms with Crippen molar-refractivity contribution < 1.29 is 9.53 Å². The van der Waals surface area contributed by atoms with E-state index in [0.29, 0.717) is 24.6 Å². The van der Waals surface area contributed by atoms with Crippen LogP contribution in [-0.2, 0) is 0 Å². The Morgan fingerprint density at radius 3 is 2.67 bits per heavy atom. The lowest BCUT2D eigenvalue weighted by atomic mass is 10.0. The Morgan fingerprint density at radius 2 is 1.85 bits per heavy atom. The summed E-state index contributed by atoms with van der Waals surface area (Å²) in [6.07, 6.45) is 0. The van der Waals surface area contributed by atoms with Gasteiger partial charge in [-0.25, -0.2) is 0 Å². The minimum Gasteiger partial charge on any atom is -0.475 e. The summed E-state index contributed by atoms with van der Waals surface area (Å²) in [5, 5.41) is 15.1. The largest absolute Gasteiger partial charge is 0.475 e. The van der Waals surface area contributed by atoms with Gasteiger partial charge in [-0.2, -0.15) is 0 Å². The number of rotatable bonds is 6. The van der Waals surface area contributed by atoms with Gasteiger partial charge in [-0.15, -0.1) is 21.5 Å². The Labute approximate surface area is 160 Å². The summed E-state index contributed by atoms with van der Waals surface area (Å²) in [6, 6.07) is 21.2. The van der Waals surface area contributed by atoms with Gasteiger partial charge >= 0.3 is 0 Å². The van der Waals surface area contributed by atoms with E-state index in [1.807, 2.05) is 66.0 Å². The van der Waals surface area contributed by atoms with Gasteiger partial charge in [0, 0.05) is 11.6 Å². The molecule has 0 bridgehead atoms. The van der Waals surface area contributed by atoms with Gasteiger partial charge in [-0.3, -0.25) is 4.79 Å². The number of aromatic nitrogens is 2. The van der Waals surface area contributed by atoms with Gasteiger partial charge in [-0.05, 0) is 34.4 Å². The van der Waals surface area contributed by atoms with E-state index < -0.39 is 0 Å². The highest BCUT2D eigenvalue weighted by atomic mass is 32.1. The van der Waals surface area contributed by atoms with Crippen LogP contribution in [0.2, 0.25) is 0 Å². The molecule has 0 aliphatic heterocycles. The molecule has 2 aromatic carbocycles. The molecule has 0 atom stereocenters. The van der Waals surface area contributed by atoms with Crippen LogP contribution in [-0.4, -0.2) is 29.3 Å². The molecule has 1 N–H and O–H groups in total. The highest BCUT2D eigenvalue weighted by Crippen LogP contribution is 2.22. The van der Waals surface area contributed by atoms with E-state index >= 15 is 0 Å². The van der Waals surface area contributed by atoms with E-state index in [4.69, 9.17) is 4.74 Å². The highest BCUT2D eigenvalue weighted by Gasteiger charge is 2.09. The third-order valence-electron chi connectivity index (χ3n) is 4.09. The smallest absolute Gasteiger partial charge is 0.252 e. The molecule has 0 saturated heterocycles. The molecule has 6 heteroatoms. The first-order valence-corrected chi connectivity index (χ1v) is 9.45. The minimum absolute atomic E-state index is 0.116. The summed E-state index contributed by atoms with van der Waals surface area (Å²) in [5.41, 5.74) is 1.48. The van der Waals surface area contributed by atoms with Crippen molar-refractivity contribution in [1.82, 2.24) is 15.5 Å². The number of carbonyl (C=O) groups is 1. The van der Waals surface area contributed by atoms with Gasteiger partial charge in [0.1, 0.15) is 12.3 Å². The number of hydrogen-bond acceptors (Lipinski definition) is 5. The van der Waals surface area contributed by atoms with Crippen LogP contribution in [0.15, 0.2) is 72.1 Å². The fourth-order valence-electron chi connectivity index (χ4n) is 2.79. The van der Waals surface area contributed by atoms with Crippen molar-refractivity contribution in [2.24, 2.45) is 0 Å². The average Bonchev–Trinajstić information content (AvgIpc) is 3.26. The number of thiophene rings is 1. The average molecular weight is 375 g/mol. The van der Waals surface area contributed by atoms with E-state index in [1.54, 1.807) is 17.4 Å². The van der Waals surface area contributed by atoms with E-state index in [0.717, 1.165) is 21.3 Å². The molecule has 5 nitrogen and oxygen atoms in total. The zero-order chi connectivity index (χ0) is 18.5. The van der Waals surface area contributed by atoms with Crippen LogP contribution >= 0.6 is 11.3 Å². The van der Waals surface area contributed by atoms with Crippen LogP contribution in [0.1, 0.15) is 10.4 Å². The van der Waals surface area contributed by atoms with Crippen LogP contribution < -0.4 is 10.1 Å². The maximum absolute atomic E-state index is 12.5. The van der Waals surface area contributed by atoms with Crippen molar-refractivity contribution in [2.45, 2.75) is 0 Å². The molecular weight excluding hydrogens is 358 g/mol. The summed E-state index contributed by atoms with van der Waals surface area (Å²) >= 11 is 1.61. The number of nitrogens with one attached hydrogen (secondary N) is 1. The third kappa shape index (κ3) is 3.96. The van der Waals surface area contributed by atoms with Gasteiger partial charge in [-0.1, -0.05) is 42.5 Å². The minimum atomic E-state index is -0.116. The van der Waals surface area contributed by atoms with Gasteiger partial charge in [0.25, 0.3) is 5.91 Å². The van der Waals surface area contributed by atoms with Crippen LogP contribution in [0.4, 0.5) is 0 Å². The van der Waals surface area contributed by atoms with Gasteiger partial charge in [0.2, 0.25) is 5.88 Å². The second-order valence-electron chi connectivity index (χ2n) is 5.87. The Morgan fingerprint density at radius 1 is 0.963 bits per heavy atom. The van der Waals surface area contributed by atoms with Crippen molar-refractivity contribution >= 4 is 28.0 Å². The molecule has 0 aliphatic rings. The number of fused-ring (bicyclic) bond motifs is 1. The van der Waals surface area contributed by atoms with Crippen LogP contribution in [0.5, 0.6) is 5.88 Å². The first kappa shape index (κ1) is 17.2. The maximum atomic E-state index is 12.5. The van der Waals surface area contributed by atoms with Crippen LogP contribution in [0, 0.1) is 0 Å².